The van der Waals surface area contributed by atoms with Gasteiger partial charge in [-0.25, -0.2) is 0 Å². The molecular formula is C32H40N6O3. The lowest BCUT2D eigenvalue weighted by Crippen LogP contribution is -2.50. The van der Waals surface area contributed by atoms with E-state index in [9.17, 15) is 9.59 Å². The number of rotatable bonds is 9. The third kappa shape index (κ3) is 6.64. The minimum absolute atomic E-state index is 0.0594. The minimum atomic E-state index is -0.307. The predicted molar refractivity (Wildman–Crippen MR) is 164 cm³/mol. The Morgan fingerprint density at radius 1 is 0.902 bits per heavy atom. The van der Waals surface area contributed by atoms with Crippen molar-refractivity contribution in [1.29, 1.82) is 0 Å². The van der Waals surface area contributed by atoms with Crippen molar-refractivity contribution in [3.05, 3.63) is 77.9 Å². The predicted octanol–water partition coefficient (Wildman–Crippen LogP) is 3.79. The second-order valence-corrected chi connectivity index (χ2v) is 10.9. The number of fused-ring (bicyclic) bond motifs is 1. The molecular weight excluding hydrogens is 516 g/mol. The molecule has 1 atom stereocenters. The van der Waals surface area contributed by atoms with E-state index in [0.29, 0.717) is 18.7 Å². The van der Waals surface area contributed by atoms with Crippen LogP contribution in [0.4, 0.5) is 22.7 Å². The van der Waals surface area contributed by atoms with Crippen LogP contribution in [0.2, 0.25) is 0 Å². The molecule has 3 aromatic carbocycles. The lowest BCUT2D eigenvalue weighted by atomic mass is 10.0. The second kappa shape index (κ2) is 12.6. The number of likely N-dealkylation sites (N-methyl/N-ethyl adjacent to an activating group) is 2. The Hall–Kier alpha value is -4.08. The Morgan fingerprint density at radius 3 is 2.27 bits per heavy atom. The molecule has 2 aliphatic rings. The van der Waals surface area contributed by atoms with Gasteiger partial charge < -0.3 is 30.1 Å². The van der Waals surface area contributed by atoms with Gasteiger partial charge in [0.25, 0.3) is 5.91 Å². The fourth-order valence-corrected chi connectivity index (χ4v) is 5.38. The number of methoxy groups -OCH3 is 1. The summed E-state index contributed by atoms with van der Waals surface area (Å²) in [7, 11) is 5.62. The molecule has 5 rings (SSSR count). The quantitative estimate of drug-likeness (QED) is 0.415. The minimum Gasteiger partial charge on any atom is -0.497 e. The van der Waals surface area contributed by atoms with E-state index in [1.807, 2.05) is 74.6 Å². The number of anilines is 4. The zero-order chi connectivity index (χ0) is 28.9. The van der Waals surface area contributed by atoms with Crippen molar-refractivity contribution in [2.75, 3.05) is 75.6 Å². The number of piperazine rings is 1. The van der Waals surface area contributed by atoms with E-state index < -0.39 is 0 Å². The van der Waals surface area contributed by atoms with Crippen molar-refractivity contribution in [3.63, 3.8) is 0 Å². The summed E-state index contributed by atoms with van der Waals surface area (Å²) in [5, 5.41) is 6.51. The Balaban J connectivity index is 1.24. The number of amides is 2. The summed E-state index contributed by atoms with van der Waals surface area (Å²) in [5.41, 5.74) is 5.37. The molecule has 41 heavy (non-hydrogen) atoms. The molecule has 3 aromatic rings. The fraction of sp³-hybridized carbons (Fsp3) is 0.375. The van der Waals surface area contributed by atoms with Gasteiger partial charge in [-0.3, -0.25) is 14.5 Å². The molecule has 0 saturated carbocycles. The topological polar surface area (TPSA) is 80.4 Å². The first-order valence-electron chi connectivity index (χ1n) is 14.2. The maximum Gasteiger partial charge on any atom is 0.251 e. The van der Waals surface area contributed by atoms with Gasteiger partial charge in [-0.05, 0) is 74.1 Å². The monoisotopic (exact) mass is 556 g/mol. The van der Waals surface area contributed by atoms with E-state index in [-0.39, 0.29) is 17.9 Å². The Morgan fingerprint density at radius 2 is 1.59 bits per heavy atom. The van der Waals surface area contributed by atoms with Crippen LogP contribution in [0.5, 0.6) is 5.75 Å². The van der Waals surface area contributed by atoms with Crippen LogP contribution in [-0.4, -0.2) is 88.1 Å². The molecule has 0 aromatic heterocycles. The van der Waals surface area contributed by atoms with E-state index >= 15 is 0 Å². The molecule has 216 valence electrons. The number of carbonyl (C=O) groups is 2. The number of nitrogens with zero attached hydrogens (tertiary/aromatic N) is 4. The first kappa shape index (κ1) is 28.4. The summed E-state index contributed by atoms with van der Waals surface area (Å²) in [6.07, 6.45) is 0. The smallest absolute Gasteiger partial charge is 0.251 e. The highest BCUT2D eigenvalue weighted by Crippen LogP contribution is 2.39. The van der Waals surface area contributed by atoms with E-state index in [1.54, 1.807) is 12.0 Å². The normalized spacial score (nSPS) is 17.8. The number of hydrogen-bond acceptors (Lipinski definition) is 7. The second-order valence-electron chi connectivity index (χ2n) is 10.9. The number of nitrogens with one attached hydrogen (secondary N) is 2. The third-order valence-corrected chi connectivity index (χ3v) is 8.06. The lowest BCUT2D eigenvalue weighted by Gasteiger charge is -2.40. The van der Waals surface area contributed by atoms with Crippen LogP contribution in [0.25, 0.3) is 0 Å². The first-order valence-corrected chi connectivity index (χ1v) is 14.2. The number of carbonyl (C=O) groups excluding carboxylic acids is 2. The highest BCUT2D eigenvalue weighted by atomic mass is 16.5. The van der Waals surface area contributed by atoms with Crippen molar-refractivity contribution in [2.24, 2.45) is 0 Å². The van der Waals surface area contributed by atoms with Crippen LogP contribution in [0.15, 0.2) is 66.7 Å². The van der Waals surface area contributed by atoms with Crippen LogP contribution in [0, 0.1) is 0 Å². The standard InChI is InChI=1S/C32H40N6O3/c1-23-32(40)36(3)29-14-11-27(21-30(29)38(23)22-24-5-12-28(41-4)13-6-24)34-26-9-7-25(8-10-26)31(39)33-15-16-37-19-17-35(2)18-20-37/h5-14,21,23,34H,15-20,22H2,1-4H3,(H,33,39)/t23-/m1/s1. The van der Waals surface area contributed by atoms with Gasteiger partial charge in [-0.2, -0.15) is 0 Å². The molecule has 0 spiro atoms. The van der Waals surface area contributed by atoms with Crippen molar-refractivity contribution >= 4 is 34.6 Å². The van der Waals surface area contributed by atoms with Crippen molar-refractivity contribution in [2.45, 2.75) is 19.5 Å². The van der Waals surface area contributed by atoms with Gasteiger partial charge in [-0.1, -0.05) is 12.1 Å². The highest BCUT2D eigenvalue weighted by Gasteiger charge is 2.33. The van der Waals surface area contributed by atoms with Gasteiger partial charge >= 0.3 is 0 Å². The first-order chi connectivity index (χ1) is 19.8. The number of ether oxygens (including phenoxy) is 1. The number of benzene rings is 3. The molecule has 2 amide bonds. The van der Waals surface area contributed by atoms with Gasteiger partial charge in [0.05, 0.1) is 18.5 Å². The Bertz CT molecular complexity index is 1350. The molecule has 9 heteroatoms. The maximum atomic E-state index is 13.0. The molecule has 0 aliphatic carbocycles. The van der Waals surface area contributed by atoms with Gasteiger partial charge in [0.1, 0.15) is 11.8 Å². The van der Waals surface area contributed by atoms with E-state index in [0.717, 1.165) is 66.8 Å². The van der Waals surface area contributed by atoms with Gasteiger partial charge in [0, 0.05) is 69.8 Å². The Kier molecular flexibility index (Phi) is 8.75. The molecule has 0 bridgehead atoms. The van der Waals surface area contributed by atoms with Gasteiger partial charge in [-0.15, -0.1) is 0 Å². The SMILES string of the molecule is COc1ccc(CN2c3cc(Nc4ccc(C(=O)NCCN5CCN(C)CC5)cc4)ccc3N(C)C(=O)[C@H]2C)cc1. The molecule has 1 saturated heterocycles. The maximum absolute atomic E-state index is 13.0. The fourth-order valence-electron chi connectivity index (χ4n) is 5.38. The van der Waals surface area contributed by atoms with Gasteiger partial charge in [0.15, 0.2) is 0 Å². The molecule has 1 fully saturated rings. The van der Waals surface area contributed by atoms with Crippen LogP contribution in [0.1, 0.15) is 22.8 Å². The lowest BCUT2D eigenvalue weighted by molar-refractivity contribution is -0.119. The average Bonchev–Trinajstić information content (AvgIpc) is 3.00. The van der Waals surface area contributed by atoms with Crippen LogP contribution >= 0.6 is 0 Å². The summed E-state index contributed by atoms with van der Waals surface area (Å²) in [6.45, 7) is 8.27. The number of hydrogen-bond donors (Lipinski definition) is 2. The zero-order valence-electron chi connectivity index (χ0n) is 24.4. The Labute approximate surface area is 242 Å². The molecule has 0 radical (unpaired) electrons. The van der Waals surface area contributed by atoms with Crippen molar-refractivity contribution in [3.8, 4) is 5.75 Å². The van der Waals surface area contributed by atoms with Crippen LogP contribution < -0.4 is 25.2 Å². The van der Waals surface area contributed by atoms with E-state index in [4.69, 9.17) is 4.74 Å². The van der Waals surface area contributed by atoms with E-state index in [2.05, 4.69) is 38.4 Å². The average molecular weight is 557 g/mol. The molecule has 2 N–H and O–H groups in total. The largest absolute Gasteiger partial charge is 0.497 e. The van der Waals surface area contributed by atoms with Gasteiger partial charge in [0.2, 0.25) is 5.91 Å². The summed E-state index contributed by atoms with van der Waals surface area (Å²) in [6, 6.07) is 21.2. The van der Waals surface area contributed by atoms with E-state index in [1.165, 1.54) is 0 Å². The zero-order valence-corrected chi connectivity index (χ0v) is 24.4. The molecule has 0 unspecified atom stereocenters. The van der Waals surface area contributed by atoms with Crippen LogP contribution in [0.3, 0.4) is 0 Å². The van der Waals surface area contributed by atoms with Crippen molar-refractivity contribution < 1.29 is 14.3 Å². The highest BCUT2D eigenvalue weighted by molar-refractivity contribution is 6.05. The summed E-state index contributed by atoms with van der Waals surface area (Å²) >= 11 is 0. The summed E-state index contributed by atoms with van der Waals surface area (Å²) < 4.78 is 5.30. The summed E-state index contributed by atoms with van der Waals surface area (Å²) in [5.74, 6) is 0.803. The third-order valence-electron chi connectivity index (χ3n) is 8.06. The molecule has 2 heterocycles. The van der Waals surface area contributed by atoms with Crippen molar-refractivity contribution in [1.82, 2.24) is 15.1 Å². The molecule has 2 aliphatic heterocycles. The molecule has 9 nitrogen and oxygen atoms in total. The van der Waals surface area contributed by atoms with Crippen LogP contribution in [-0.2, 0) is 11.3 Å². The summed E-state index contributed by atoms with van der Waals surface area (Å²) in [4.78, 5) is 34.3.